The predicted molar refractivity (Wildman–Crippen MR) is 80.3 cm³/mol. The van der Waals surface area contributed by atoms with Crippen LogP contribution in [0.15, 0.2) is 30.6 Å². The molecule has 1 saturated heterocycles. The summed E-state index contributed by atoms with van der Waals surface area (Å²) < 4.78 is 32.0. The van der Waals surface area contributed by atoms with Crippen LogP contribution in [0.3, 0.4) is 0 Å². The normalized spacial score (nSPS) is 20.8. The second-order valence-corrected chi connectivity index (χ2v) is 5.38. The molecule has 3 rings (SSSR count). The number of anilines is 1. The SMILES string of the molecule is CCOc1cncc(N2C[C@H](O)C[C@H]2c2ccc(F)c(F)c2)n1. The Kier molecular flexibility index (Phi) is 4.38. The number of aliphatic hydroxyl groups is 1. The number of aliphatic hydroxyl groups excluding tert-OH is 1. The third-order valence-corrected chi connectivity index (χ3v) is 3.79. The van der Waals surface area contributed by atoms with Crippen molar-refractivity contribution in [1.82, 2.24) is 9.97 Å². The number of hydrogen-bond acceptors (Lipinski definition) is 5. The molecule has 0 bridgehead atoms. The molecule has 2 aromatic rings. The first kappa shape index (κ1) is 15.6. The molecular formula is C16H17F2N3O2. The largest absolute Gasteiger partial charge is 0.477 e. The molecule has 122 valence electrons. The Morgan fingerprint density at radius 2 is 2.13 bits per heavy atom. The lowest BCUT2D eigenvalue weighted by molar-refractivity contribution is 0.194. The van der Waals surface area contributed by atoms with Crippen molar-refractivity contribution >= 4 is 5.82 Å². The molecule has 2 atom stereocenters. The van der Waals surface area contributed by atoms with Gasteiger partial charge in [0.15, 0.2) is 17.5 Å². The second-order valence-electron chi connectivity index (χ2n) is 5.38. The molecule has 1 aromatic carbocycles. The van der Waals surface area contributed by atoms with Gasteiger partial charge in [-0.25, -0.2) is 8.78 Å². The highest BCUT2D eigenvalue weighted by Gasteiger charge is 2.33. The van der Waals surface area contributed by atoms with E-state index in [9.17, 15) is 13.9 Å². The first-order chi connectivity index (χ1) is 11.1. The molecule has 0 spiro atoms. The third kappa shape index (κ3) is 3.24. The van der Waals surface area contributed by atoms with E-state index in [-0.39, 0.29) is 6.04 Å². The van der Waals surface area contributed by atoms with Gasteiger partial charge < -0.3 is 14.7 Å². The smallest absolute Gasteiger partial charge is 0.234 e. The second kappa shape index (κ2) is 6.45. The van der Waals surface area contributed by atoms with Crippen molar-refractivity contribution in [2.24, 2.45) is 0 Å². The molecule has 1 N–H and O–H groups in total. The van der Waals surface area contributed by atoms with Crippen LogP contribution >= 0.6 is 0 Å². The number of ether oxygens (including phenoxy) is 1. The van der Waals surface area contributed by atoms with E-state index in [0.717, 1.165) is 12.1 Å². The van der Waals surface area contributed by atoms with Crippen LogP contribution in [0.25, 0.3) is 0 Å². The van der Waals surface area contributed by atoms with Gasteiger partial charge in [0, 0.05) is 6.54 Å². The molecule has 7 heteroatoms. The van der Waals surface area contributed by atoms with Crippen molar-refractivity contribution in [3.63, 3.8) is 0 Å². The Morgan fingerprint density at radius 1 is 1.30 bits per heavy atom. The lowest BCUT2D eigenvalue weighted by atomic mass is 10.0. The summed E-state index contributed by atoms with van der Waals surface area (Å²) in [4.78, 5) is 10.3. The summed E-state index contributed by atoms with van der Waals surface area (Å²) in [5, 5.41) is 10.0. The fraction of sp³-hybridized carbons (Fsp3) is 0.375. The lowest BCUT2D eigenvalue weighted by Gasteiger charge is -2.25. The molecule has 5 nitrogen and oxygen atoms in total. The molecular weight excluding hydrogens is 304 g/mol. The standard InChI is InChI=1S/C16H17F2N3O2/c1-2-23-16-8-19-7-15(20-16)21-9-11(22)6-14(21)10-3-4-12(17)13(18)5-10/h3-5,7-8,11,14,22H,2,6,9H2,1H3/t11-,14+/m1/s1. The highest BCUT2D eigenvalue weighted by atomic mass is 19.2. The van der Waals surface area contributed by atoms with Gasteiger partial charge in [-0.3, -0.25) is 4.98 Å². The minimum Gasteiger partial charge on any atom is -0.477 e. The number of nitrogens with zero attached hydrogens (tertiary/aromatic N) is 3. The van der Waals surface area contributed by atoms with Gasteiger partial charge in [-0.1, -0.05) is 6.07 Å². The van der Waals surface area contributed by atoms with Crippen molar-refractivity contribution in [2.75, 3.05) is 18.1 Å². The zero-order valence-electron chi connectivity index (χ0n) is 12.6. The average molecular weight is 321 g/mol. The summed E-state index contributed by atoms with van der Waals surface area (Å²) in [6.45, 7) is 2.65. The summed E-state index contributed by atoms with van der Waals surface area (Å²) in [5.74, 6) is -0.882. The predicted octanol–water partition coefficient (Wildman–Crippen LogP) is 2.47. The number of aromatic nitrogens is 2. The van der Waals surface area contributed by atoms with Gasteiger partial charge in [-0.15, -0.1) is 0 Å². The Bertz CT molecular complexity index is 699. The summed E-state index contributed by atoms with van der Waals surface area (Å²) >= 11 is 0. The van der Waals surface area contributed by atoms with Crippen molar-refractivity contribution in [1.29, 1.82) is 0 Å². The highest BCUT2D eigenvalue weighted by Crippen LogP contribution is 2.36. The molecule has 0 amide bonds. The number of benzene rings is 1. The van der Waals surface area contributed by atoms with Crippen molar-refractivity contribution in [3.8, 4) is 5.88 Å². The van der Waals surface area contributed by atoms with Crippen LogP contribution in [0.4, 0.5) is 14.6 Å². The molecule has 1 fully saturated rings. The minimum atomic E-state index is -0.905. The van der Waals surface area contributed by atoms with Crippen LogP contribution in [0.5, 0.6) is 5.88 Å². The highest BCUT2D eigenvalue weighted by molar-refractivity contribution is 5.44. The van der Waals surface area contributed by atoms with E-state index in [1.807, 2.05) is 11.8 Å². The number of hydrogen-bond donors (Lipinski definition) is 1. The lowest BCUT2D eigenvalue weighted by Crippen LogP contribution is -2.25. The summed E-state index contributed by atoms with van der Waals surface area (Å²) in [6, 6.07) is 3.47. The van der Waals surface area contributed by atoms with Crippen LogP contribution in [-0.2, 0) is 0 Å². The molecule has 1 aliphatic heterocycles. The van der Waals surface area contributed by atoms with Gasteiger partial charge in [-0.05, 0) is 31.0 Å². The van der Waals surface area contributed by atoms with Crippen LogP contribution in [0.2, 0.25) is 0 Å². The van der Waals surface area contributed by atoms with Gasteiger partial charge >= 0.3 is 0 Å². The van der Waals surface area contributed by atoms with Gasteiger partial charge in [-0.2, -0.15) is 4.98 Å². The molecule has 0 saturated carbocycles. The van der Waals surface area contributed by atoms with Crippen molar-refractivity contribution in [2.45, 2.75) is 25.5 Å². The average Bonchev–Trinajstić information content (AvgIpc) is 2.93. The number of β-amino-alcohol motifs (C(OH)–C–C–N with tert-alkyl or cyclic N) is 1. The van der Waals surface area contributed by atoms with Crippen LogP contribution in [-0.4, -0.2) is 34.3 Å². The molecule has 2 heterocycles. The summed E-state index contributed by atoms with van der Waals surface area (Å²) in [6.07, 6.45) is 2.90. The summed E-state index contributed by atoms with van der Waals surface area (Å²) in [5.41, 5.74) is 0.587. The number of halogens is 2. The van der Waals surface area contributed by atoms with Crippen LogP contribution in [0.1, 0.15) is 24.9 Å². The first-order valence-corrected chi connectivity index (χ1v) is 7.43. The van der Waals surface area contributed by atoms with E-state index in [2.05, 4.69) is 9.97 Å². The molecule has 0 aliphatic carbocycles. The summed E-state index contributed by atoms with van der Waals surface area (Å²) in [7, 11) is 0. The fourth-order valence-corrected chi connectivity index (χ4v) is 2.80. The molecule has 0 unspecified atom stereocenters. The Morgan fingerprint density at radius 3 is 2.87 bits per heavy atom. The third-order valence-electron chi connectivity index (χ3n) is 3.79. The van der Waals surface area contributed by atoms with E-state index < -0.39 is 17.7 Å². The van der Waals surface area contributed by atoms with Crippen molar-refractivity contribution in [3.05, 3.63) is 47.8 Å². The van der Waals surface area contributed by atoms with Gasteiger partial charge in [0.25, 0.3) is 0 Å². The van der Waals surface area contributed by atoms with Crippen molar-refractivity contribution < 1.29 is 18.6 Å². The minimum absolute atomic E-state index is 0.300. The van der Waals surface area contributed by atoms with E-state index >= 15 is 0 Å². The monoisotopic (exact) mass is 321 g/mol. The molecule has 23 heavy (non-hydrogen) atoms. The maximum Gasteiger partial charge on any atom is 0.234 e. The number of rotatable bonds is 4. The van der Waals surface area contributed by atoms with Gasteiger partial charge in [0.05, 0.1) is 31.1 Å². The van der Waals surface area contributed by atoms with E-state index in [4.69, 9.17) is 4.74 Å². The van der Waals surface area contributed by atoms with E-state index in [1.54, 1.807) is 6.20 Å². The quantitative estimate of drug-likeness (QED) is 0.937. The van der Waals surface area contributed by atoms with Gasteiger partial charge in [0.1, 0.15) is 0 Å². The first-order valence-electron chi connectivity index (χ1n) is 7.43. The Hall–Kier alpha value is -2.28. The molecule has 0 radical (unpaired) electrons. The van der Waals surface area contributed by atoms with Gasteiger partial charge in [0.2, 0.25) is 5.88 Å². The van der Waals surface area contributed by atoms with Crippen LogP contribution in [0, 0.1) is 11.6 Å². The maximum atomic E-state index is 13.5. The molecule has 1 aliphatic rings. The van der Waals surface area contributed by atoms with E-state index in [0.29, 0.717) is 36.8 Å². The topological polar surface area (TPSA) is 58.5 Å². The zero-order chi connectivity index (χ0) is 16.4. The van der Waals surface area contributed by atoms with Crippen LogP contribution < -0.4 is 9.64 Å². The molecule has 1 aromatic heterocycles. The Balaban J connectivity index is 1.93. The maximum absolute atomic E-state index is 13.5. The Labute approximate surface area is 132 Å². The van der Waals surface area contributed by atoms with E-state index in [1.165, 1.54) is 12.3 Å². The zero-order valence-corrected chi connectivity index (χ0v) is 12.6. The fourth-order valence-electron chi connectivity index (χ4n) is 2.80.